The maximum Gasteiger partial charge on any atom is 0.159 e. The molecule has 0 amide bonds. The molecular formula is C52H34N6. The Morgan fingerprint density at radius 1 is 0.500 bits per heavy atom. The van der Waals surface area contributed by atoms with Crippen molar-refractivity contribution < 1.29 is 0 Å². The molecule has 8 aromatic carbocycles. The second-order valence-corrected chi connectivity index (χ2v) is 14.5. The van der Waals surface area contributed by atoms with E-state index in [9.17, 15) is 5.26 Å². The third-order valence-corrected chi connectivity index (χ3v) is 11.2. The van der Waals surface area contributed by atoms with Gasteiger partial charge in [-0.15, -0.1) is 0 Å². The maximum atomic E-state index is 10.8. The minimum absolute atomic E-state index is 0.429. The lowest BCUT2D eigenvalue weighted by molar-refractivity contribution is 0.670. The van der Waals surface area contributed by atoms with Crippen molar-refractivity contribution in [2.24, 2.45) is 9.98 Å². The fraction of sp³-hybridized carbons (Fsp3) is 0.0192. The molecule has 0 saturated heterocycles. The Bertz CT molecular complexity index is 3310. The molecule has 11 rings (SSSR count). The largest absolute Gasteiger partial charge is 0.344 e. The van der Waals surface area contributed by atoms with Crippen LogP contribution in [0.1, 0.15) is 28.4 Å². The number of nitriles is 1. The van der Waals surface area contributed by atoms with Crippen LogP contribution < -0.4 is 5.32 Å². The number of hydrogen-bond acceptors (Lipinski definition) is 4. The summed E-state index contributed by atoms with van der Waals surface area (Å²) in [6.07, 6.45) is -0.429. The van der Waals surface area contributed by atoms with E-state index in [1.165, 1.54) is 0 Å². The highest BCUT2D eigenvalue weighted by molar-refractivity contribution is 6.23. The van der Waals surface area contributed by atoms with Gasteiger partial charge in [0.25, 0.3) is 0 Å². The van der Waals surface area contributed by atoms with Crippen LogP contribution in [0.25, 0.3) is 66.1 Å². The number of rotatable bonds is 6. The molecule has 1 aliphatic rings. The van der Waals surface area contributed by atoms with E-state index in [-0.39, 0.29) is 0 Å². The second kappa shape index (κ2) is 13.6. The quantitative estimate of drug-likeness (QED) is 0.184. The molecule has 0 radical (unpaired) electrons. The molecule has 0 fully saturated rings. The topological polar surface area (TPSA) is 70.4 Å². The van der Waals surface area contributed by atoms with Crippen LogP contribution in [0.5, 0.6) is 0 Å². The molecule has 58 heavy (non-hydrogen) atoms. The minimum Gasteiger partial charge on any atom is -0.344 e. The summed E-state index contributed by atoms with van der Waals surface area (Å²) >= 11 is 0. The first-order valence-corrected chi connectivity index (χ1v) is 19.4. The lowest BCUT2D eigenvalue weighted by Gasteiger charge is -2.26. The SMILES string of the molecule is N#Cc1ccc2c(c1-c1cccc3c1c1ccccc1n3-c1ccccc1C1N=C(c3ccccc3)N=C(c3ccccc3)N1)c1ccccc1n2-c1ccccc1. The van der Waals surface area contributed by atoms with Gasteiger partial charge in [0.05, 0.1) is 39.4 Å². The number of fused-ring (bicyclic) bond motifs is 6. The van der Waals surface area contributed by atoms with E-state index < -0.39 is 6.17 Å². The summed E-state index contributed by atoms with van der Waals surface area (Å²) in [5.41, 5.74) is 11.9. The van der Waals surface area contributed by atoms with Crippen molar-refractivity contribution in [3.63, 3.8) is 0 Å². The molecule has 1 N–H and O–H groups in total. The van der Waals surface area contributed by atoms with E-state index >= 15 is 0 Å². The van der Waals surface area contributed by atoms with Crippen LogP contribution in [-0.2, 0) is 0 Å². The first kappa shape index (κ1) is 33.3. The zero-order valence-corrected chi connectivity index (χ0v) is 31.3. The Labute approximate surface area is 334 Å². The number of aromatic nitrogens is 2. The Hall–Kier alpha value is -8.01. The Kier molecular flexibility index (Phi) is 7.83. The lowest BCUT2D eigenvalue weighted by Crippen LogP contribution is -2.34. The zero-order chi connectivity index (χ0) is 38.6. The third-order valence-electron chi connectivity index (χ3n) is 11.2. The van der Waals surface area contributed by atoms with Crippen molar-refractivity contribution in [3.8, 4) is 28.6 Å². The molecule has 1 atom stereocenters. The van der Waals surface area contributed by atoms with Gasteiger partial charge >= 0.3 is 0 Å². The fourth-order valence-electron chi connectivity index (χ4n) is 8.77. The van der Waals surface area contributed by atoms with Crippen LogP contribution in [-0.4, -0.2) is 20.8 Å². The predicted octanol–water partition coefficient (Wildman–Crippen LogP) is 11.9. The number of hydrogen-bond donors (Lipinski definition) is 1. The van der Waals surface area contributed by atoms with Crippen molar-refractivity contribution in [2.45, 2.75) is 6.17 Å². The van der Waals surface area contributed by atoms with Crippen LogP contribution in [0.15, 0.2) is 204 Å². The summed E-state index contributed by atoms with van der Waals surface area (Å²) in [6.45, 7) is 0. The van der Waals surface area contributed by atoms with E-state index in [2.05, 4.69) is 166 Å². The Morgan fingerprint density at radius 2 is 1.09 bits per heavy atom. The number of para-hydroxylation sites is 4. The van der Waals surface area contributed by atoms with Gasteiger partial charge in [-0.3, -0.25) is 0 Å². The van der Waals surface area contributed by atoms with Crippen molar-refractivity contribution in [2.75, 3.05) is 0 Å². The maximum absolute atomic E-state index is 10.8. The van der Waals surface area contributed by atoms with Gasteiger partial charge in [0.1, 0.15) is 12.0 Å². The highest BCUT2D eigenvalue weighted by Gasteiger charge is 2.27. The van der Waals surface area contributed by atoms with Gasteiger partial charge in [-0.05, 0) is 54.1 Å². The van der Waals surface area contributed by atoms with Crippen LogP contribution in [0, 0.1) is 11.3 Å². The molecule has 6 heteroatoms. The van der Waals surface area contributed by atoms with Gasteiger partial charge in [0.2, 0.25) is 0 Å². The van der Waals surface area contributed by atoms with E-state index in [0.29, 0.717) is 11.4 Å². The van der Waals surface area contributed by atoms with Gasteiger partial charge in [-0.25, -0.2) is 9.98 Å². The summed E-state index contributed by atoms with van der Waals surface area (Å²) in [4.78, 5) is 10.3. The standard InChI is InChI=1S/C52H34N6/c53-33-36-31-32-46-49(39-24-11-13-27-42(39)57(46)37-21-8-3-9-22-37)47(36)41-26-16-30-45-48(41)38-23-10-14-28-43(38)58(45)44-29-15-12-25-40(44)52-55-50(34-17-4-1-5-18-34)54-51(56-52)35-19-6-2-7-20-35/h1-32,52H,(H,54,55,56). The number of nitrogens with zero attached hydrogens (tertiary/aromatic N) is 5. The average Bonchev–Trinajstić information content (AvgIpc) is 3.82. The van der Waals surface area contributed by atoms with Crippen LogP contribution in [0.4, 0.5) is 0 Å². The number of amidine groups is 2. The van der Waals surface area contributed by atoms with Gasteiger partial charge in [-0.1, -0.05) is 146 Å². The first-order valence-electron chi connectivity index (χ1n) is 19.4. The molecule has 0 bridgehead atoms. The highest BCUT2D eigenvalue weighted by Crippen LogP contribution is 2.45. The van der Waals surface area contributed by atoms with Gasteiger partial charge in [0, 0.05) is 49.5 Å². The van der Waals surface area contributed by atoms with Gasteiger partial charge < -0.3 is 14.5 Å². The fourth-order valence-corrected chi connectivity index (χ4v) is 8.77. The number of aliphatic imine (C=N–C) groups is 2. The summed E-state index contributed by atoms with van der Waals surface area (Å²) < 4.78 is 4.67. The molecule has 10 aromatic rings. The van der Waals surface area contributed by atoms with E-state index in [1.807, 2.05) is 48.5 Å². The van der Waals surface area contributed by atoms with Gasteiger partial charge in [-0.2, -0.15) is 5.26 Å². The van der Waals surface area contributed by atoms with Crippen LogP contribution in [0.2, 0.25) is 0 Å². The molecule has 1 unspecified atom stereocenters. The zero-order valence-electron chi connectivity index (χ0n) is 31.3. The highest BCUT2D eigenvalue weighted by atomic mass is 15.2. The van der Waals surface area contributed by atoms with Crippen molar-refractivity contribution >= 4 is 55.3 Å². The molecule has 0 aliphatic carbocycles. The number of nitrogens with one attached hydrogen (secondary N) is 1. The van der Waals surface area contributed by atoms with Gasteiger partial charge in [0.15, 0.2) is 5.84 Å². The third kappa shape index (κ3) is 5.26. The minimum atomic E-state index is -0.429. The normalized spacial score (nSPS) is 14.0. The van der Waals surface area contributed by atoms with Crippen molar-refractivity contribution in [1.29, 1.82) is 5.26 Å². The molecule has 3 heterocycles. The lowest BCUT2D eigenvalue weighted by atomic mass is 9.91. The van der Waals surface area contributed by atoms with E-state index in [1.54, 1.807) is 0 Å². The first-order chi connectivity index (χ1) is 28.8. The molecular weight excluding hydrogens is 709 g/mol. The molecule has 2 aromatic heterocycles. The Balaban J connectivity index is 1.17. The summed E-state index contributed by atoms with van der Waals surface area (Å²) in [6, 6.07) is 69.6. The molecule has 0 saturated carbocycles. The summed E-state index contributed by atoms with van der Waals surface area (Å²) in [5, 5.41) is 18.9. The van der Waals surface area contributed by atoms with E-state index in [4.69, 9.17) is 9.98 Å². The molecule has 272 valence electrons. The van der Waals surface area contributed by atoms with E-state index in [0.717, 1.165) is 88.6 Å². The molecule has 1 aliphatic heterocycles. The van der Waals surface area contributed by atoms with Crippen molar-refractivity contribution in [1.82, 2.24) is 14.5 Å². The van der Waals surface area contributed by atoms with Crippen LogP contribution >= 0.6 is 0 Å². The molecule has 6 nitrogen and oxygen atoms in total. The average molecular weight is 743 g/mol. The second-order valence-electron chi connectivity index (χ2n) is 14.5. The molecule has 0 spiro atoms. The number of benzene rings is 8. The Morgan fingerprint density at radius 3 is 1.83 bits per heavy atom. The predicted molar refractivity (Wildman–Crippen MR) is 237 cm³/mol. The van der Waals surface area contributed by atoms with Crippen LogP contribution in [0.3, 0.4) is 0 Å². The smallest absolute Gasteiger partial charge is 0.159 e. The summed E-state index contributed by atoms with van der Waals surface area (Å²) in [7, 11) is 0. The summed E-state index contributed by atoms with van der Waals surface area (Å²) in [5.74, 6) is 1.44. The monoisotopic (exact) mass is 742 g/mol. The van der Waals surface area contributed by atoms with Crippen molar-refractivity contribution in [3.05, 3.63) is 216 Å².